The second-order valence-electron chi connectivity index (χ2n) is 4.37. The molecule has 0 fully saturated rings. The molecule has 0 saturated heterocycles. The van der Waals surface area contributed by atoms with Crippen molar-refractivity contribution in [2.75, 3.05) is 6.54 Å². The summed E-state index contributed by atoms with van der Waals surface area (Å²) in [6.45, 7) is 5.52. The van der Waals surface area contributed by atoms with Crippen LogP contribution in [0.4, 0.5) is 0 Å². The Hall–Kier alpha value is -2.04. The molecule has 0 spiro atoms. The Morgan fingerprint density at radius 1 is 1.42 bits per heavy atom. The highest BCUT2D eigenvalue weighted by molar-refractivity contribution is 5.93. The van der Waals surface area contributed by atoms with Crippen LogP contribution in [0.3, 0.4) is 0 Å². The number of hydrogen-bond acceptors (Lipinski definition) is 3. The SMILES string of the molecule is CCCNC(=O)c1cc(-c2ccco2)n(CCC)n1. The Labute approximate surface area is 112 Å². The van der Waals surface area contributed by atoms with E-state index in [0.717, 1.165) is 30.8 Å². The van der Waals surface area contributed by atoms with E-state index in [1.807, 2.05) is 23.7 Å². The minimum Gasteiger partial charge on any atom is -0.463 e. The third kappa shape index (κ3) is 3.05. The van der Waals surface area contributed by atoms with Crippen molar-refractivity contribution in [2.45, 2.75) is 33.2 Å². The fraction of sp³-hybridized carbons (Fsp3) is 0.429. The molecule has 0 aliphatic carbocycles. The van der Waals surface area contributed by atoms with Gasteiger partial charge in [-0.15, -0.1) is 0 Å². The fourth-order valence-corrected chi connectivity index (χ4v) is 1.86. The maximum Gasteiger partial charge on any atom is 0.271 e. The van der Waals surface area contributed by atoms with E-state index in [2.05, 4.69) is 17.3 Å². The lowest BCUT2D eigenvalue weighted by Gasteiger charge is -2.02. The van der Waals surface area contributed by atoms with Crippen LogP contribution in [0.5, 0.6) is 0 Å². The molecule has 0 aromatic carbocycles. The van der Waals surface area contributed by atoms with E-state index in [4.69, 9.17) is 4.42 Å². The molecule has 5 nitrogen and oxygen atoms in total. The van der Waals surface area contributed by atoms with Crippen molar-refractivity contribution < 1.29 is 9.21 Å². The topological polar surface area (TPSA) is 60.1 Å². The monoisotopic (exact) mass is 261 g/mol. The van der Waals surface area contributed by atoms with Crippen LogP contribution >= 0.6 is 0 Å². The number of aromatic nitrogens is 2. The van der Waals surface area contributed by atoms with Crippen LogP contribution in [0.25, 0.3) is 11.5 Å². The summed E-state index contributed by atoms with van der Waals surface area (Å²) in [5, 5.41) is 7.18. The molecule has 2 heterocycles. The normalized spacial score (nSPS) is 10.6. The van der Waals surface area contributed by atoms with Gasteiger partial charge < -0.3 is 9.73 Å². The molecule has 0 aliphatic heterocycles. The summed E-state index contributed by atoms with van der Waals surface area (Å²) in [5.41, 5.74) is 1.28. The number of carbonyl (C=O) groups excluding carboxylic acids is 1. The first-order valence-electron chi connectivity index (χ1n) is 6.66. The molecule has 1 N–H and O–H groups in total. The van der Waals surface area contributed by atoms with Crippen molar-refractivity contribution >= 4 is 5.91 Å². The molecule has 0 radical (unpaired) electrons. The number of hydrogen-bond donors (Lipinski definition) is 1. The lowest BCUT2D eigenvalue weighted by molar-refractivity contribution is 0.0948. The van der Waals surface area contributed by atoms with Gasteiger partial charge >= 0.3 is 0 Å². The number of amides is 1. The zero-order chi connectivity index (χ0) is 13.7. The number of nitrogens with one attached hydrogen (secondary N) is 1. The van der Waals surface area contributed by atoms with Gasteiger partial charge in [-0.25, -0.2) is 0 Å². The first-order valence-corrected chi connectivity index (χ1v) is 6.66. The minimum atomic E-state index is -0.135. The molecule has 0 unspecified atom stereocenters. The highest BCUT2D eigenvalue weighted by Gasteiger charge is 2.16. The van der Waals surface area contributed by atoms with Gasteiger partial charge in [0.05, 0.1) is 6.26 Å². The van der Waals surface area contributed by atoms with E-state index in [0.29, 0.717) is 12.2 Å². The summed E-state index contributed by atoms with van der Waals surface area (Å²) in [7, 11) is 0. The first-order chi connectivity index (χ1) is 9.26. The average Bonchev–Trinajstić information content (AvgIpc) is 3.04. The summed E-state index contributed by atoms with van der Waals surface area (Å²) in [4.78, 5) is 11.9. The van der Waals surface area contributed by atoms with Gasteiger partial charge in [-0.3, -0.25) is 9.48 Å². The Bertz CT molecular complexity index is 529. The van der Waals surface area contributed by atoms with Crippen LogP contribution < -0.4 is 5.32 Å². The number of furan rings is 1. The second-order valence-corrected chi connectivity index (χ2v) is 4.37. The zero-order valence-corrected chi connectivity index (χ0v) is 11.3. The Kier molecular flexibility index (Phi) is 4.39. The molecule has 5 heteroatoms. The molecular formula is C14H19N3O2. The predicted molar refractivity (Wildman–Crippen MR) is 72.8 cm³/mol. The van der Waals surface area contributed by atoms with Gasteiger partial charge in [0.25, 0.3) is 5.91 Å². The molecule has 0 atom stereocenters. The van der Waals surface area contributed by atoms with Gasteiger partial charge in [0, 0.05) is 19.2 Å². The standard InChI is InChI=1S/C14H19N3O2/c1-3-7-15-14(18)11-10-12(13-6-5-9-19-13)17(16-11)8-4-2/h5-6,9-10H,3-4,7-8H2,1-2H3,(H,15,18). The summed E-state index contributed by atoms with van der Waals surface area (Å²) >= 11 is 0. The van der Waals surface area contributed by atoms with Gasteiger partial charge in [-0.1, -0.05) is 13.8 Å². The van der Waals surface area contributed by atoms with Crippen molar-refractivity contribution in [3.8, 4) is 11.5 Å². The molecule has 2 aromatic heterocycles. The smallest absolute Gasteiger partial charge is 0.271 e. The Balaban J connectivity index is 2.27. The molecule has 0 saturated carbocycles. The third-order valence-corrected chi connectivity index (χ3v) is 2.76. The molecular weight excluding hydrogens is 242 g/mol. The molecule has 0 bridgehead atoms. The van der Waals surface area contributed by atoms with E-state index in [-0.39, 0.29) is 5.91 Å². The first kappa shape index (κ1) is 13.4. The number of aryl methyl sites for hydroxylation is 1. The highest BCUT2D eigenvalue weighted by Crippen LogP contribution is 2.21. The fourth-order valence-electron chi connectivity index (χ4n) is 1.86. The number of carbonyl (C=O) groups is 1. The number of rotatable bonds is 6. The van der Waals surface area contributed by atoms with Gasteiger partial charge in [0.15, 0.2) is 11.5 Å². The van der Waals surface area contributed by atoms with Crippen molar-refractivity contribution in [3.63, 3.8) is 0 Å². The molecule has 19 heavy (non-hydrogen) atoms. The maximum absolute atomic E-state index is 11.9. The molecule has 1 amide bonds. The van der Waals surface area contributed by atoms with E-state index in [1.54, 1.807) is 12.3 Å². The maximum atomic E-state index is 11.9. The summed E-state index contributed by atoms with van der Waals surface area (Å²) in [5.74, 6) is 0.597. The van der Waals surface area contributed by atoms with Crippen molar-refractivity contribution in [3.05, 3.63) is 30.2 Å². The van der Waals surface area contributed by atoms with Crippen molar-refractivity contribution in [2.24, 2.45) is 0 Å². The Morgan fingerprint density at radius 3 is 2.89 bits per heavy atom. The second kappa shape index (κ2) is 6.22. The molecule has 2 rings (SSSR count). The summed E-state index contributed by atoms with van der Waals surface area (Å²) in [6, 6.07) is 5.48. The highest BCUT2D eigenvalue weighted by atomic mass is 16.3. The van der Waals surface area contributed by atoms with Crippen LogP contribution in [0.2, 0.25) is 0 Å². The lowest BCUT2D eigenvalue weighted by atomic mass is 10.3. The van der Waals surface area contributed by atoms with E-state index < -0.39 is 0 Å². The number of nitrogens with zero attached hydrogens (tertiary/aromatic N) is 2. The van der Waals surface area contributed by atoms with Crippen LogP contribution in [0.15, 0.2) is 28.9 Å². The predicted octanol–water partition coefficient (Wildman–Crippen LogP) is 2.69. The van der Waals surface area contributed by atoms with E-state index in [1.165, 1.54) is 0 Å². The molecule has 102 valence electrons. The van der Waals surface area contributed by atoms with Crippen molar-refractivity contribution in [1.82, 2.24) is 15.1 Å². The quantitative estimate of drug-likeness (QED) is 0.869. The van der Waals surface area contributed by atoms with Crippen molar-refractivity contribution in [1.29, 1.82) is 0 Å². The average molecular weight is 261 g/mol. The van der Waals surface area contributed by atoms with Gasteiger partial charge in [0.1, 0.15) is 5.69 Å². The lowest BCUT2D eigenvalue weighted by Crippen LogP contribution is -2.24. The van der Waals surface area contributed by atoms with Gasteiger partial charge in [-0.2, -0.15) is 5.10 Å². The van der Waals surface area contributed by atoms with E-state index in [9.17, 15) is 4.79 Å². The summed E-state index contributed by atoms with van der Waals surface area (Å²) in [6.07, 6.45) is 3.48. The van der Waals surface area contributed by atoms with Gasteiger partial charge in [0.2, 0.25) is 0 Å². The van der Waals surface area contributed by atoms with Crippen LogP contribution in [-0.4, -0.2) is 22.2 Å². The summed E-state index contributed by atoms with van der Waals surface area (Å²) < 4.78 is 7.21. The minimum absolute atomic E-state index is 0.135. The molecule has 2 aromatic rings. The van der Waals surface area contributed by atoms with E-state index >= 15 is 0 Å². The third-order valence-electron chi connectivity index (χ3n) is 2.76. The Morgan fingerprint density at radius 2 is 2.26 bits per heavy atom. The van der Waals surface area contributed by atoms with Crippen LogP contribution in [-0.2, 0) is 6.54 Å². The van der Waals surface area contributed by atoms with Crippen LogP contribution in [0.1, 0.15) is 37.2 Å². The largest absolute Gasteiger partial charge is 0.463 e. The zero-order valence-electron chi connectivity index (χ0n) is 11.3. The molecule has 0 aliphatic rings. The van der Waals surface area contributed by atoms with Gasteiger partial charge in [-0.05, 0) is 25.0 Å². The van der Waals surface area contributed by atoms with Crippen LogP contribution in [0, 0.1) is 0 Å².